The van der Waals surface area contributed by atoms with E-state index in [1.54, 1.807) is 6.92 Å². The van der Waals surface area contributed by atoms with Crippen molar-refractivity contribution in [3.63, 3.8) is 0 Å². The molecule has 0 aromatic rings. The van der Waals surface area contributed by atoms with E-state index in [2.05, 4.69) is 10.6 Å². The molecule has 0 aliphatic heterocycles. The van der Waals surface area contributed by atoms with Crippen molar-refractivity contribution in [3.05, 3.63) is 0 Å². The Labute approximate surface area is 111 Å². The predicted octanol–water partition coefficient (Wildman–Crippen LogP) is 0.491. The number of hydrogen-bond acceptors (Lipinski definition) is 4. The quantitative estimate of drug-likeness (QED) is 0.610. The average Bonchev–Trinajstić information content (AvgIpc) is 3.12. The van der Waals surface area contributed by atoms with Crippen LogP contribution in [0.25, 0.3) is 0 Å². The highest BCUT2D eigenvalue weighted by molar-refractivity contribution is 5.88. The number of ether oxygens (including phenoxy) is 1. The first kappa shape index (κ1) is 15.3. The number of carboxylic acids is 1. The Bertz CT molecular complexity index is 380. The van der Waals surface area contributed by atoms with Crippen molar-refractivity contribution in [3.8, 4) is 0 Å². The lowest BCUT2D eigenvalue weighted by atomic mass is 9.96. The SMILES string of the molecule is CCOC(=O)C(C)NC(=O)NC(C)(C(=O)O)C1CC1. The molecular formula is C12H20N2O5. The summed E-state index contributed by atoms with van der Waals surface area (Å²) in [5.41, 5.74) is -1.29. The minimum atomic E-state index is -1.29. The standard InChI is InChI=1S/C12H20N2O5/c1-4-19-9(15)7(2)13-11(18)14-12(3,10(16)17)8-5-6-8/h7-8H,4-6H2,1-3H3,(H,16,17)(H2,13,14,18). The van der Waals surface area contributed by atoms with E-state index in [9.17, 15) is 19.5 Å². The molecule has 108 valence electrons. The van der Waals surface area contributed by atoms with Crippen LogP contribution in [0, 0.1) is 5.92 Å². The lowest BCUT2D eigenvalue weighted by molar-refractivity contribution is -0.144. The molecule has 1 rings (SSSR count). The van der Waals surface area contributed by atoms with Crippen LogP contribution in [0.3, 0.4) is 0 Å². The fourth-order valence-electron chi connectivity index (χ4n) is 1.79. The lowest BCUT2D eigenvalue weighted by Crippen LogP contribution is -2.58. The van der Waals surface area contributed by atoms with Crippen molar-refractivity contribution in [1.82, 2.24) is 10.6 Å². The summed E-state index contributed by atoms with van der Waals surface area (Å²) < 4.78 is 4.74. The van der Waals surface area contributed by atoms with Crippen molar-refractivity contribution in [2.75, 3.05) is 6.61 Å². The van der Waals surface area contributed by atoms with Crippen molar-refractivity contribution >= 4 is 18.0 Å². The molecule has 3 N–H and O–H groups in total. The summed E-state index contributed by atoms with van der Waals surface area (Å²) in [4.78, 5) is 34.3. The summed E-state index contributed by atoms with van der Waals surface area (Å²) in [6, 6.07) is -1.51. The van der Waals surface area contributed by atoms with Crippen molar-refractivity contribution in [2.45, 2.75) is 45.2 Å². The Morgan fingerprint density at radius 1 is 1.42 bits per heavy atom. The van der Waals surface area contributed by atoms with Gasteiger partial charge in [-0.15, -0.1) is 0 Å². The maximum atomic E-state index is 11.7. The Morgan fingerprint density at radius 2 is 2.00 bits per heavy atom. The van der Waals surface area contributed by atoms with Crippen LogP contribution < -0.4 is 10.6 Å². The summed E-state index contributed by atoms with van der Waals surface area (Å²) in [7, 11) is 0. The summed E-state index contributed by atoms with van der Waals surface area (Å²) in [6.07, 6.45) is 1.55. The van der Waals surface area contributed by atoms with Gasteiger partial charge < -0.3 is 20.5 Å². The second kappa shape index (κ2) is 5.90. The van der Waals surface area contributed by atoms with Crippen LogP contribution in [0.15, 0.2) is 0 Å². The van der Waals surface area contributed by atoms with Gasteiger partial charge in [-0.3, -0.25) is 0 Å². The summed E-state index contributed by atoms with van der Waals surface area (Å²) in [5.74, 6) is -1.69. The maximum absolute atomic E-state index is 11.7. The number of urea groups is 1. The number of carbonyl (C=O) groups excluding carboxylic acids is 2. The molecule has 0 radical (unpaired) electrons. The van der Waals surface area contributed by atoms with E-state index >= 15 is 0 Å². The van der Waals surface area contributed by atoms with Gasteiger partial charge in [0.15, 0.2) is 0 Å². The monoisotopic (exact) mass is 272 g/mol. The maximum Gasteiger partial charge on any atom is 0.329 e. The van der Waals surface area contributed by atoms with Crippen LogP contribution in [0.2, 0.25) is 0 Å². The van der Waals surface area contributed by atoms with E-state index in [1.165, 1.54) is 13.8 Å². The number of carbonyl (C=O) groups is 3. The van der Waals surface area contributed by atoms with Crippen LogP contribution in [0.1, 0.15) is 33.6 Å². The summed E-state index contributed by atoms with van der Waals surface area (Å²) >= 11 is 0. The number of aliphatic carboxylic acids is 1. The topological polar surface area (TPSA) is 105 Å². The zero-order valence-electron chi connectivity index (χ0n) is 11.4. The molecule has 0 heterocycles. The molecule has 2 atom stereocenters. The highest BCUT2D eigenvalue weighted by Gasteiger charge is 2.48. The molecule has 0 aromatic carbocycles. The zero-order valence-corrected chi connectivity index (χ0v) is 11.4. The Balaban J connectivity index is 2.54. The van der Waals surface area contributed by atoms with Gasteiger partial charge in [0.25, 0.3) is 0 Å². The second-order valence-electron chi connectivity index (χ2n) is 4.85. The first-order chi connectivity index (χ1) is 8.81. The van der Waals surface area contributed by atoms with Gasteiger partial charge in [0, 0.05) is 0 Å². The van der Waals surface area contributed by atoms with Crippen LogP contribution in [0.4, 0.5) is 4.79 Å². The Morgan fingerprint density at radius 3 is 2.42 bits per heavy atom. The number of rotatable bonds is 6. The number of amides is 2. The molecule has 1 saturated carbocycles. The molecule has 1 aliphatic rings. The van der Waals surface area contributed by atoms with Crippen LogP contribution in [0.5, 0.6) is 0 Å². The van der Waals surface area contributed by atoms with Gasteiger partial charge >= 0.3 is 18.0 Å². The molecule has 0 spiro atoms. The molecule has 2 unspecified atom stereocenters. The van der Waals surface area contributed by atoms with Crippen LogP contribution in [-0.4, -0.2) is 41.3 Å². The molecule has 19 heavy (non-hydrogen) atoms. The largest absolute Gasteiger partial charge is 0.480 e. The fourth-order valence-corrected chi connectivity index (χ4v) is 1.79. The average molecular weight is 272 g/mol. The number of nitrogens with one attached hydrogen (secondary N) is 2. The Hall–Kier alpha value is -1.79. The van der Waals surface area contributed by atoms with E-state index < -0.39 is 29.6 Å². The number of esters is 1. The van der Waals surface area contributed by atoms with Crippen molar-refractivity contribution < 1.29 is 24.2 Å². The lowest BCUT2D eigenvalue weighted by Gasteiger charge is -2.26. The molecule has 1 fully saturated rings. The van der Waals surface area contributed by atoms with Gasteiger partial charge in [0.2, 0.25) is 0 Å². The third-order valence-corrected chi connectivity index (χ3v) is 3.20. The highest BCUT2D eigenvalue weighted by Crippen LogP contribution is 2.39. The minimum absolute atomic E-state index is 0.0614. The molecule has 0 saturated heterocycles. The Kier molecular flexibility index (Phi) is 4.74. The molecule has 1 aliphatic carbocycles. The first-order valence-electron chi connectivity index (χ1n) is 6.30. The molecule has 0 bridgehead atoms. The molecule has 7 nitrogen and oxygen atoms in total. The van der Waals surface area contributed by atoms with Gasteiger partial charge in [-0.25, -0.2) is 14.4 Å². The summed E-state index contributed by atoms with van der Waals surface area (Å²) in [5, 5.41) is 14.0. The van der Waals surface area contributed by atoms with Crippen molar-refractivity contribution in [2.24, 2.45) is 5.92 Å². The van der Waals surface area contributed by atoms with E-state index in [0.717, 1.165) is 12.8 Å². The summed E-state index contributed by atoms with van der Waals surface area (Å²) in [6.45, 7) is 4.84. The second-order valence-corrected chi connectivity index (χ2v) is 4.85. The van der Waals surface area contributed by atoms with Gasteiger partial charge in [-0.1, -0.05) is 0 Å². The van der Waals surface area contributed by atoms with Gasteiger partial charge in [0.05, 0.1) is 6.61 Å². The van der Waals surface area contributed by atoms with E-state index in [1.807, 2.05) is 0 Å². The number of hydrogen-bond donors (Lipinski definition) is 3. The molecule has 0 aromatic heterocycles. The molecular weight excluding hydrogens is 252 g/mol. The zero-order chi connectivity index (χ0) is 14.6. The van der Waals surface area contributed by atoms with Crippen LogP contribution in [-0.2, 0) is 14.3 Å². The van der Waals surface area contributed by atoms with E-state index in [-0.39, 0.29) is 12.5 Å². The van der Waals surface area contributed by atoms with E-state index in [0.29, 0.717) is 0 Å². The molecule has 7 heteroatoms. The number of carboxylic acid groups (broad SMARTS) is 1. The normalized spacial score (nSPS) is 18.9. The first-order valence-corrected chi connectivity index (χ1v) is 6.30. The predicted molar refractivity (Wildman–Crippen MR) is 66.5 cm³/mol. The third kappa shape index (κ3) is 3.84. The highest BCUT2D eigenvalue weighted by atomic mass is 16.5. The minimum Gasteiger partial charge on any atom is -0.480 e. The van der Waals surface area contributed by atoms with Gasteiger partial charge in [0.1, 0.15) is 11.6 Å². The van der Waals surface area contributed by atoms with Crippen molar-refractivity contribution in [1.29, 1.82) is 0 Å². The van der Waals surface area contributed by atoms with E-state index in [4.69, 9.17) is 4.74 Å². The molecule has 2 amide bonds. The van der Waals surface area contributed by atoms with Gasteiger partial charge in [-0.2, -0.15) is 0 Å². The van der Waals surface area contributed by atoms with Gasteiger partial charge in [-0.05, 0) is 39.5 Å². The smallest absolute Gasteiger partial charge is 0.329 e. The van der Waals surface area contributed by atoms with Crippen LogP contribution >= 0.6 is 0 Å². The third-order valence-electron chi connectivity index (χ3n) is 3.20. The fraction of sp³-hybridized carbons (Fsp3) is 0.750.